The SMILES string of the molecule is Cc1c([C@@H](C)NC(=O)Nc2cccc(C(=O)N(C)C)c2)oc2ccccc12. The molecule has 0 saturated heterocycles. The van der Waals surface area contributed by atoms with Crippen molar-refractivity contribution in [1.82, 2.24) is 10.2 Å². The minimum Gasteiger partial charge on any atom is -0.459 e. The minimum absolute atomic E-state index is 0.120. The van der Waals surface area contributed by atoms with Crippen LogP contribution in [0.25, 0.3) is 11.0 Å². The van der Waals surface area contributed by atoms with Gasteiger partial charge in [-0.2, -0.15) is 0 Å². The van der Waals surface area contributed by atoms with Crippen molar-refractivity contribution in [2.45, 2.75) is 19.9 Å². The number of furan rings is 1. The van der Waals surface area contributed by atoms with Crippen molar-refractivity contribution in [1.29, 1.82) is 0 Å². The Hall–Kier alpha value is -3.28. The van der Waals surface area contributed by atoms with Gasteiger partial charge in [-0.05, 0) is 38.1 Å². The first-order valence-electron chi connectivity index (χ1n) is 8.74. The normalized spacial score (nSPS) is 11.9. The molecule has 2 N–H and O–H groups in total. The van der Waals surface area contributed by atoms with Gasteiger partial charge in [0.25, 0.3) is 5.91 Å². The van der Waals surface area contributed by atoms with E-state index in [1.165, 1.54) is 4.90 Å². The molecule has 1 heterocycles. The molecule has 0 unspecified atom stereocenters. The predicted molar refractivity (Wildman–Crippen MR) is 106 cm³/mol. The molecule has 27 heavy (non-hydrogen) atoms. The molecule has 0 aliphatic rings. The zero-order valence-corrected chi connectivity index (χ0v) is 15.9. The van der Waals surface area contributed by atoms with Crippen LogP contribution in [0, 0.1) is 6.92 Å². The number of anilines is 1. The maximum Gasteiger partial charge on any atom is 0.319 e. The molecule has 0 aliphatic heterocycles. The Morgan fingerprint density at radius 3 is 2.52 bits per heavy atom. The van der Waals surface area contributed by atoms with Crippen LogP contribution in [0.3, 0.4) is 0 Å². The van der Waals surface area contributed by atoms with E-state index in [1.807, 2.05) is 38.1 Å². The monoisotopic (exact) mass is 365 g/mol. The molecule has 2 aromatic carbocycles. The maximum absolute atomic E-state index is 12.4. The topological polar surface area (TPSA) is 74.6 Å². The standard InChI is InChI=1S/C21H23N3O3/c1-13-17-10-5-6-11-18(17)27-19(13)14(2)22-21(26)23-16-9-7-8-15(12-16)20(25)24(3)4/h5-12,14H,1-4H3,(H2,22,23,26)/t14-/m1/s1. The Kier molecular flexibility index (Phi) is 5.16. The fraction of sp³-hybridized carbons (Fsp3) is 0.238. The number of carbonyl (C=O) groups excluding carboxylic acids is 2. The molecular formula is C21H23N3O3. The van der Waals surface area contributed by atoms with Gasteiger partial charge in [0, 0.05) is 36.3 Å². The third-order valence-corrected chi connectivity index (χ3v) is 4.40. The second-order valence-electron chi connectivity index (χ2n) is 6.69. The van der Waals surface area contributed by atoms with E-state index in [-0.39, 0.29) is 18.0 Å². The van der Waals surface area contributed by atoms with Crippen LogP contribution in [0.5, 0.6) is 0 Å². The van der Waals surface area contributed by atoms with Gasteiger partial charge in [-0.25, -0.2) is 4.79 Å². The molecule has 0 spiro atoms. The Morgan fingerprint density at radius 1 is 1.07 bits per heavy atom. The van der Waals surface area contributed by atoms with Crippen molar-refractivity contribution >= 4 is 28.6 Å². The van der Waals surface area contributed by atoms with Crippen molar-refractivity contribution < 1.29 is 14.0 Å². The Balaban J connectivity index is 1.71. The van der Waals surface area contributed by atoms with Crippen LogP contribution in [-0.4, -0.2) is 30.9 Å². The van der Waals surface area contributed by atoms with Crippen molar-refractivity contribution in [3.05, 3.63) is 65.4 Å². The van der Waals surface area contributed by atoms with Crippen LogP contribution in [0.1, 0.15) is 34.6 Å². The van der Waals surface area contributed by atoms with Gasteiger partial charge in [-0.15, -0.1) is 0 Å². The molecular weight excluding hydrogens is 342 g/mol. The van der Waals surface area contributed by atoms with Gasteiger partial charge in [0.05, 0.1) is 6.04 Å². The molecule has 3 amide bonds. The first-order valence-corrected chi connectivity index (χ1v) is 8.74. The summed E-state index contributed by atoms with van der Waals surface area (Å²) in [6.45, 7) is 3.85. The molecule has 0 bridgehead atoms. The van der Waals surface area contributed by atoms with Gasteiger partial charge >= 0.3 is 6.03 Å². The van der Waals surface area contributed by atoms with Crippen molar-refractivity contribution in [3.63, 3.8) is 0 Å². The summed E-state index contributed by atoms with van der Waals surface area (Å²) in [5.41, 5.74) is 2.87. The fourth-order valence-electron chi connectivity index (χ4n) is 3.02. The molecule has 3 rings (SSSR count). The average molecular weight is 365 g/mol. The van der Waals surface area contributed by atoms with Crippen LogP contribution in [0.15, 0.2) is 52.9 Å². The Labute approximate surface area is 158 Å². The molecule has 0 radical (unpaired) electrons. The second kappa shape index (κ2) is 7.53. The van der Waals surface area contributed by atoms with Crippen LogP contribution < -0.4 is 10.6 Å². The van der Waals surface area contributed by atoms with Crippen LogP contribution in [-0.2, 0) is 0 Å². The highest BCUT2D eigenvalue weighted by molar-refractivity contribution is 5.96. The number of benzene rings is 2. The van der Waals surface area contributed by atoms with Gasteiger partial charge in [-0.3, -0.25) is 4.79 Å². The molecule has 0 fully saturated rings. The Morgan fingerprint density at radius 2 is 1.81 bits per heavy atom. The van der Waals surface area contributed by atoms with Crippen LogP contribution in [0.4, 0.5) is 10.5 Å². The number of amides is 3. The minimum atomic E-state index is -0.364. The van der Waals surface area contributed by atoms with E-state index in [0.717, 1.165) is 22.3 Å². The number of nitrogens with zero attached hydrogens (tertiary/aromatic N) is 1. The summed E-state index contributed by atoms with van der Waals surface area (Å²) < 4.78 is 5.90. The summed E-state index contributed by atoms with van der Waals surface area (Å²) in [7, 11) is 3.37. The number of para-hydroxylation sites is 1. The van der Waals surface area contributed by atoms with E-state index in [1.54, 1.807) is 38.4 Å². The molecule has 1 aromatic heterocycles. The smallest absolute Gasteiger partial charge is 0.319 e. The highest BCUT2D eigenvalue weighted by Gasteiger charge is 2.18. The lowest BCUT2D eigenvalue weighted by Gasteiger charge is -2.15. The zero-order valence-electron chi connectivity index (χ0n) is 15.9. The Bertz CT molecular complexity index is 991. The molecule has 0 aliphatic carbocycles. The summed E-state index contributed by atoms with van der Waals surface area (Å²) in [6.07, 6.45) is 0. The first-order chi connectivity index (χ1) is 12.9. The highest BCUT2D eigenvalue weighted by atomic mass is 16.3. The van der Waals surface area contributed by atoms with Crippen molar-refractivity contribution in [3.8, 4) is 0 Å². The molecule has 6 nitrogen and oxygen atoms in total. The molecule has 6 heteroatoms. The van der Waals surface area contributed by atoms with Gasteiger partial charge in [0.1, 0.15) is 11.3 Å². The average Bonchev–Trinajstić information content (AvgIpc) is 2.98. The number of hydrogen-bond donors (Lipinski definition) is 2. The van der Waals surface area contributed by atoms with Crippen molar-refractivity contribution in [2.75, 3.05) is 19.4 Å². The summed E-state index contributed by atoms with van der Waals surface area (Å²) in [5, 5.41) is 6.68. The first kappa shape index (κ1) is 18.5. The number of fused-ring (bicyclic) bond motifs is 1. The summed E-state index contributed by atoms with van der Waals surface area (Å²) in [4.78, 5) is 25.9. The third-order valence-electron chi connectivity index (χ3n) is 4.40. The van der Waals surface area contributed by atoms with Gasteiger partial charge < -0.3 is 20.0 Å². The zero-order chi connectivity index (χ0) is 19.6. The van der Waals surface area contributed by atoms with Gasteiger partial charge in [-0.1, -0.05) is 24.3 Å². The summed E-state index contributed by atoms with van der Waals surface area (Å²) >= 11 is 0. The van der Waals surface area contributed by atoms with Crippen LogP contribution >= 0.6 is 0 Å². The lowest BCUT2D eigenvalue weighted by molar-refractivity contribution is 0.0827. The van der Waals surface area contributed by atoms with E-state index in [2.05, 4.69) is 10.6 Å². The van der Waals surface area contributed by atoms with Gasteiger partial charge in [0.15, 0.2) is 0 Å². The number of rotatable bonds is 4. The number of nitrogens with one attached hydrogen (secondary N) is 2. The number of aryl methyl sites for hydroxylation is 1. The van der Waals surface area contributed by atoms with E-state index in [4.69, 9.17) is 4.42 Å². The number of carbonyl (C=O) groups is 2. The second-order valence-corrected chi connectivity index (χ2v) is 6.69. The third kappa shape index (κ3) is 3.95. The lowest BCUT2D eigenvalue weighted by Crippen LogP contribution is -2.31. The highest BCUT2D eigenvalue weighted by Crippen LogP contribution is 2.29. The summed E-state index contributed by atoms with van der Waals surface area (Å²) in [5.74, 6) is 0.605. The largest absolute Gasteiger partial charge is 0.459 e. The van der Waals surface area contributed by atoms with Crippen LogP contribution in [0.2, 0.25) is 0 Å². The van der Waals surface area contributed by atoms with E-state index in [9.17, 15) is 9.59 Å². The fourth-order valence-corrected chi connectivity index (χ4v) is 3.02. The molecule has 140 valence electrons. The van der Waals surface area contributed by atoms with Crippen molar-refractivity contribution in [2.24, 2.45) is 0 Å². The number of hydrogen-bond acceptors (Lipinski definition) is 3. The molecule has 1 atom stereocenters. The quantitative estimate of drug-likeness (QED) is 0.723. The number of urea groups is 1. The lowest BCUT2D eigenvalue weighted by atomic mass is 10.1. The predicted octanol–water partition coefficient (Wildman–Crippen LogP) is 4.33. The molecule has 0 saturated carbocycles. The molecule has 3 aromatic rings. The maximum atomic E-state index is 12.4. The van der Waals surface area contributed by atoms with Gasteiger partial charge in [0.2, 0.25) is 0 Å². The van der Waals surface area contributed by atoms with E-state index in [0.29, 0.717) is 11.3 Å². The van der Waals surface area contributed by atoms with E-state index >= 15 is 0 Å². The summed E-state index contributed by atoms with van der Waals surface area (Å²) in [6, 6.07) is 14.0. The van der Waals surface area contributed by atoms with E-state index < -0.39 is 0 Å².